The highest BCUT2D eigenvalue weighted by Crippen LogP contribution is 2.24. The maximum atomic E-state index is 11.8. The summed E-state index contributed by atoms with van der Waals surface area (Å²) in [6, 6.07) is 5.16. The third-order valence-electron chi connectivity index (χ3n) is 3.48. The number of hydrogen-bond acceptors (Lipinski definition) is 4. The van der Waals surface area contributed by atoms with Crippen molar-refractivity contribution in [2.45, 2.75) is 25.9 Å². The molecule has 0 aliphatic carbocycles. The molecule has 2 rings (SSSR count). The maximum Gasteiger partial charge on any atom is 0.240 e. The normalized spacial score (nSPS) is 19.6. The summed E-state index contributed by atoms with van der Waals surface area (Å²) in [5, 5.41) is 12.3. The number of anilines is 1. The lowest BCUT2D eigenvalue weighted by molar-refractivity contribution is -0.135. The number of carbonyl (C=O) groups excluding carboxylic acids is 1. The molecule has 1 fully saturated rings. The van der Waals surface area contributed by atoms with Crippen LogP contribution in [0.3, 0.4) is 0 Å². The van der Waals surface area contributed by atoms with Crippen LogP contribution >= 0.6 is 0 Å². The zero-order valence-electron chi connectivity index (χ0n) is 10.7. The first-order chi connectivity index (χ1) is 8.41. The van der Waals surface area contributed by atoms with Gasteiger partial charge in [-0.1, -0.05) is 6.07 Å². The molecule has 4 N–H and O–H groups in total. The van der Waals surface area contributed by atoms with E-state index in [4.69, 9.17) is 5.73 Å². The average molecular weight is 249 g/mol. The summed E-state index contributed by atoms with van der Waals surface area (Å²) in [5.74, 6) is 0.134. The molecule has 1 aromatic rings. The fourth-order valence-electron chi connectivity index (χ4n) is 2.14. The predicted octanol–water partition coefficient (Wildman–Crippen LogP) is 0.685. The van der Waals surface area contributed by atoms with Crippen molar-refractivity contribution < 1.29 is 9.90 Å². The molecular weight excluding hydrogens is 230 g/mol. The standard InChI is InChI=1S/C13H19N3O2/c1-13(2)12(18)15-5-6-16(13)8-9-3-4-11(17)10(14)7-9/h3-4,7,17H,5-6,8,14H2,1-2H3,(H,15,18). The summed E-state index contributed by atoms with van der Waals surface area (Å²) in [4.78, 5) is 13.9. The molecule has 98 valence electrons. The van der Waals surface area contributed by atoms with Crippen molar-refractivity contribution in [2.24, 2.45) is 0 Å². The molecule has 18 heavy (non-hydrogen) atoms. The molecule has 0 saturated carbocycles. The number of hydrogen-bond donors (Lipinski definition) is 3. The van der Waals surface area contributed by atoms with E-state index >= 15 is 0 Å². The van der Waals surface area contributed by atoms with Crippen LogP contribution in [0.2, 0.25) is 0 Å². The van der Waals surface area contributed by atoms with Crippen molar-refractivity contribution in [1.29, 1.82) is 0 Å². The quantitative estimate of drug-likeness (QED) is 0.532. The van der Waals surface area contributed by atoms with Gasteiger partial charge in [-0.2, -0.15) is 0 Å². The molecule has 5 nitrogen and oxygen atoms in total. The number of rotatable bonds is 2. The van der Waals surface area contributed by atoms with E-state index in [0.717, 1.165) is 12.1 Å². The van der Waals surface area contributed by atoms with Gasteiger partial charge in [-0.15, -0.1) is 0 Å². The minimum absolute atomic E-state index is 0.0421. The largest absolute Gasteiger partial charge is 0.506 e. The van der Waals surface area contributed by atoms with Crippen molar-refractivity contribution >= 4 is 11.6 Å². The van der Waals surface area contributed by atoms with Crippen LogP contribution in [0.15, 0.2) is 18.2 Å². The number of benzene rings is 1. The van der Waals surface area contributed by atoms with Crippen LogP contribution in [0.1, 0.15) is 19.4 Å². The molecule has 1 aromatic carbocycles. The van der Waals surface area contributed by atoms with Gasteiger partial charge < -0.3 is 16.2 Å². The topological polar surface area (TPSA) is 78.6 Å². The monoisotopic (exact) mass is 249 g/mol. The zero-order valence-corrected chi connectivity index (χ0v) is 10.7. The van der Waals surface area contributed by atoms with Crippen LogP contribution in [0.25, 0.3) is 0 Å². The van der Waals surface area contributed by atoms with Crippen molar-refractivity contribution in [3.05, 3.63) is 23.8 Å². The third-order valence-corrected chi connectivity index (χ3v) is 3.48. The molecule has 5 heteroatoms. The number of aromatic hydroxyl groups is 1. The second-order valence-electron chi connectivity index (χ2n) is 5.13. The van der Waals surface area contributed by atoms with Gasteiger partial charge in [-0.05, 0) is 31.5 Å². The molecule has 0 atom stereocenters. The molecule has 0 radical (unpaired) electrons. The number of phenols is 1. The molecule has 1 heterocycles. The van der Waals surface area contributed by atoms with Gasteiger partial charge in [-0.3, -0.25) is 9.69 Å². The van der Waals surface area contributed by atoms with Crippen LogP contribution in [-0.2, 0) is 11.3 Å². The highest BCUT2D eigenvalue weighted by molar-refractivity contribution is 5.86. The van der Waals surface area contributed by atoms with E-state index in [1.165, 1.54) is 0 Å². The Morgan fingerprint density at radius 2 is 2.22 bits per heavy atom. The summed E-state index contributed by atoms with van der Waals surface area (Å²) in [7, 11) is 0. The van der Waals surface area contributed by atoms with Crippen LogP contribution in [0, 0.1) is 0 Å². The van der Waals surface area contributed by atoms with Gasteiger partial charge in [-0.25, -0.2) is 0 Å². The molecule has 1 amide bonds. The Hall–Kier alpha value is -1.75. The van der Waals surface area contributed by atoms with Crippen molar-refractivity contribution in [2.75, 3.05) is 18.8 Å². The second kappa shape index (κ2) is 4.49. The lowest BCUT2D eigenvalue weighted by Crippen LogP contribution is -2.61. The van der Waals surface area contributed by atoms with E-state index in [1.54, 1.807) is 12.1 Å². The Morgan fingerprint density at radius 1 is 1.50 bits per heavy atom. The number of nitrogen functional groups attached to an aromatic ring is 1. The van der Waals surface area contributed by atoms with Crippen LogP contribution in [0.4, 0.5) is 5.69 Å². The number of nitrogens with two attached hydrogens (primary N) is 1. The Kier molecular flexibility index (Phi) is 3.17. The summed E-state index contributed by atoms with van der Waals surface area (Å²) in [6.07, 6.45) is 0. The number of carbonyl (C=O) groups is 1. The molecule has 0 bridgehead atoms. The van der Waals surface area contributed by atoms with Crippen molar-refractivity contribution in [1.82, 2.24) is 10.2 Å². The number of nitrogens with zero attached hydrogens (tertiary/aromatic N) is 1. The van der Waals surface area contributed by atoms with Gasteiger partial charge in [0.25, 0.3) is 0 Å². The SMILES string of the molecule is CC1(C)C(=O)NCCN1Cc1ccc(O)c(N)c1. The van der Waals surface area contributed by atoms with E-state index in [1.807, 2.05) is 19.9 Å². The number of nitrogens with one attached hydrogen (secondary N) is 1. The minimum atomic E-state index is -0.523. The average Bonchev–Trinajstić information content (AvgIpc) is 2.30. The number of amides is 1. The number of phenolic OH excluding ortho intramolecular Hbond substituents is 1. The van der Waals surface area contributed by atoms with Gasteiger partial charge in [0.1, 0.15) is 5.75 Å². The Bertz CT molecular complexity index is 471. The van der Waals surface area contributed by atoms with E-state index in [-0.39, 0.29) is 11.7 Å². The molecule has 0 spiro atoms. The first-order valence-corrected chi connectivity index (χ1v) is 6.02. The Labute approximate surface area is 107 Å². The zero-order chi connectivity index (χ0) is 13.3. The molecular formula is C13H19N3O2. The van der Waals surface area contributed by atoms with Crippen LogP contribution in [-0.4, -0.2) is 34.5 Å². The van der Waals surface area contributed by atoms with E-state index < -0.39 is 5.54 Å². The first-order valence-electron chi connectivity index (χ1n) is 6.02. The molecule has 1 aliphatic rings. The predicted molar refractivity (Wildman–Crippen MR) is 70.0 cm³/mol. The highest BCUT2D eigenvalue weighted by Gasteiger charge is 2.37. The summed E-state index contributed by atoms with van der Waals surface area (Å²) >= 11 is 0. The van der Waals surface area contributed by atoms with Crippen LogP contribution in [0.5, 0.6) is 5.75 Å². The van der Waals surface area contributed by atoms with Crippen molar-refractivity contribution in [3.63, 3.8) is 0 Å². The lowest BCUT2D eigenvalue weighted by Gasteiger charge is -2.41. The molecule has 0 unspecified atom stereocenters. The van der Waals surface area contributed by atoms with E-state index in [2.05, 4.69) is 10.2 Å². The summed E-state index contributed by atoms with van der Waals surface area (Å²) in [5.41, 5.74) is 6.51. The van der Waals surface area contributed by atoms with Gasteiger partial charge in [0.05, 0.1) is 11.2 Å². The van der Waals surface area contributed by atoms with Gasteiger partial charge in [0.2, 0.25) is 5.91 Å². The van der Waals surface area contributed by atoms with Gasteiger partial charge in [0.15, 0.2) is 0 Å². The van der Waals surface area contributed by atoms with E-state index in [0.29, 0.717) is 18.8 Å². The first kappa shape index (κ1) is 12.7. The van der Waals surface area contributed by atoms with Crippen molar-refractivity contribution in [3.8, 4) is 5.75 Å². The Morgan fingerprint density at radius 3 is 2.89 bits per heavy atom. The lowest BCUT2D eigenvalue weighted by atomic mass is 9.98. The van der Waals surface area contributed by atoms with Gasteiger partial charge in [0, 0.05) is 19.6 Å². The molecule has 1 saturated heterocycles. The third kappa shape index (κ3) is 2.26. The smallest absolute Gasteiger partial charge is 0.240 e. The minimum Gasteiger partial charge on any atom is -0.506 e. The van der Waals surface area contributed by atoms with E-state index in [9.17, 15) is 9.90 Å². The molecule has 0 aromatic heterocycles. The number of piperazine rings is 1. The summed E-state index contributed by atoms with van der Waals surface area (Å²) in [6.45, 7) is 5.93. The molecule has 1 aliphatic heterocycles. The maximum absolute atomic E-state index is 11.8. The summed E-state index contributed by atoms with van der Waals surface area (Å²) < 4.78 is 0. The van der Waals surface area contributed by atoms with Gasteiger partial charge >= 0.3 is 0 Å². The van der Waals surface area contributed by atoms with Crippen LogP contribution < -0.4 is 11.1 Å². The second-order valence-corrected chi connectivity index (χ2v) is 5.13. The highest BCUT2D eigenvalue weighted by atomic mass is 16.3. The Balaban J connectivity index is 2.17. The fraction of sp³-hybridized carbons (Fsp3) is 0.462. The fourth-order valence-corrected chi connectivity index (χ4v) is 2.14.